The molecular formula is C7H9NS2. The fourth-order valence-electron chi connectivity index (χ4n) is 0.610. The standard InChI is InChI=1S/C7H9NS2/c1-9-10-6-7-3-2-4-8-5-7/h2-5H,6H2,1H3. The van der Waals surface area contributed by atoms with Crippen molar-refractivity contribution >= 4 is 21.6 Å². The van der Waals surface area contributed by atoms with E-state index in [1.807, 2.05) is 23.1 Å². The number of hydrogen-bond acceptors (Lipinski definition) is 3. The van der Waals surface area contributed by atoms with E-state index in [-0.39, 0.29) is 0 Å². The van der Waals surface area contributed by atoms with Crippen LogP contribution in [-0.2, 0) is 5.75 Å². The van der Waals surface area contributed by atoms with E-state index in [1.165, 1.54) is 5.56 Å². The van der Waals surface area contributed by atoms with Crippen LogP contribution in [0.25, 0.3) is 0 Å². The van der Waals surface area contributed by atoms with Crippen molar-refractivity contribution in [1.29, 1.82) is 0 Å². The minimum atomic E-state index is 1.05. The molecule has 0 saturated heterocycles. The molecular weight excluding hydrogens is 162 g/mol. The fraction of sp³-hybridized carbons (Fsp3) is 0.286. The van der Waals surface area contributed by atoms with Gasteiger partial charge in [-0.15, -0.1) is 0 Å². The maximum atomic E-state index is 4.01. The Balaban J connectivity index is 2.43. The second-order valence-electron chi connectivity index (χ2n) is 1.79. The topological polar surface area (TPSA) is 12.9 Å². The quantitative estimate of drug-likeness (QED) is 0.649. The molecule has 1 rings (SSSR count). The Bertz CT molecular complexity index is 176. The van der Waals surface area contributed by atoms with E-state index < -0.39 is 0 Å². The molecule has 10 heavy (non-hydrogen) atoms. The molecule has 0 fully saturated rings. The number of nitrogens with zero attached hydrogens (tertiary/aromatic N) is 1. The molecule has 0 unspecified atom stereocenters. The summed E-state index contributed by atoms with van der Waals surface area (Å²) in [6, 6.07) is 4.06. The fourth-order valence-corrected chi connectivity index (χ4v) is 1.80. The first-order valence-corrected chi connectivity index (χ1v) is 5.70. The largest absolute Gasteiger partial charge is 0.264 e. The highest BCUT2D eigenvalue weighted by molar-refractivity contribution is 8.76. The van der Waals surface area contributed by atoms with Gasteiger partial charge in [0.15, 0.2) is 0 Å². The van der Waals surface area contributed by atoms with Gasteiger partial charge in [0.1, 0.15) is 0 Å². The minimum absolute atomic E-state index is 1.05. The van der Waals surface area contributed by atoms with Gasteiger partial charge in [-0.1, -0.05) is 27.7 Å². The molecule has 54 valence electrons. The number of pyridine rings is 1. The van der Waals surface area contributed by atoms with E-state index in [1.54, 1.807) is 17.0 Å². The Kier molecular flexibility index (Phi) is 3.68. The molecule has 0 aromatic carbocycles. The predicted molar refractivity (Wildman–Crippen MR) is 49.0 cm³/mol. The van der Waals surface area contributed by atoms with E-state index >= 15 is 0 Å². The summed E-state index contributed by atoms with van der Waals surface area (Å²) in [5, 5.41) is 0. The monoisotopic (exact) mass is 171 g/mol. The van der Waals surface area contributed by atoms with Crippen LogP contribution in [0.4, 0.5) is 0 Å². The molecule has 0 N–H and O–H groups in total. The van der Waals surface area contributed by atoms with E-state index in [4.69, 9.17) is 0 Å². The zero-order valence-corrected chi connectivity index (χ0v) is 7.41. The van der Waals surface area contributed by atoms with Crippen LogP contribution in [0.3, 0.4) is 0 Å². The van der Waals surface area contributed by atoms with E-state index in [0.29, 0.717) is 0 Å². The van der Waals surface area contributed by atoms with Crippen LogP contribution in [0.1, 0.15) is 5.56 Å². The SMILES string of the molecule is CSSCc1cccnc1. The number of hydrogen-bond donors (Lipinski definition) is 0. The van der Waals surface area contributed by atoms with Gasteiger partial charge in [-0.05, 0) is 17.9 Å². The Morgan fingerprint density at radius 3 is 3.10 bits per heavy atom. The molecule has 0 atom stereocenters. The second kappa shape index (κ2) is 4.63. The summed E-state index contributed by atoms with van der Waals surface area (Å²) in [5.74, 6) is 1.05. The highest BCUT2D eigenvalue weighted by Crippen LogP contribution is 2.21. The average molecular weight is 171 g/mol. The van der Waals surface area contributed by atoms with Gasteiger partial charge in [0, 0.05) is 18.1 Å². The maximum Gasteiger partial charge on any atom is 0.0308 e. The van der Waals surface area contributed by atoms with Crippen LogP contribution in [0.15, 0.2) is 24.5 Å². The average Bonchev–Trinajstić information content (AvgIpc) is 2.03. The molecule has 0 aliphatic heterocycles. The van der Waals surface area contributed by atoms with E-state index in [2.05, 4.69) is 17.3 Å². The van der Waals surface area contributed by atoms with Gasteiger partial charge in [-0.2, -0.15) is 0 Å². The highest BCUT2D eigenvalue weighted by Gasteiger charge is 1.89. The molecule has 0 saturated carbocycles. The summed E-state index contributed by atoms with van der Waals surface area (Å²) in [6.07, 6.45) is 5.79. The lowest BCUT2D eigenvalue weighted by Gasteiger charge is -1.95. The zero-order valence-electron chi connectivity index (χ0n) is 5.78. The Morgan fingerprint density at radius 1 is 1.60 bits per heavy atom. The van der Waals surface area contributed by atoms with Crippen LogP contribution >= 0.6 is 21.6 Å². The van der Waals surface area contributed by atoms with Gasteiger partial charge in [0.25, 0.3) is 0 Å². The summed E-state index contributed by atoms with van der Waals surface area (Å²) in [4.78, 5) is 4.01. The number of rotatable bonds is 3. The van der Waals surface area contributed by atoms with Crippen molar-refractivity contribution in [2.75, 3.05) is 6.26 Å². The lowest BCUT2D eigenvalue weighted by molar-refractivity contribution is 1.25. The van der Waals surface area contributed by atoms with Gasteiger partial charge < -0.3 is 0 Å². The molecule has 0 aliphatic rings. The normalized spacial score (nSPS) is 9.70. The minimum Gasteiger partial charge on any atom is -0.264 e. The van der Waals surface area contributed by atoms with E-state index in [9.17, 15) is 0 Å². The molecule has 0 amide bonds. The third-order valence-corrected chi connectivity index (χ3v) is 2.81. The molecule has 0 radical (unpaired) electrons. The van der Waals surface area contributed by atoms with Gasteiger partial charge in [-0.3, -0.25) is 4.98 Å². The first-order chi connectivity index (χ1) is 4.93. The molecule has 1 heterocycles. The lowest BCUT2D eigenvalue weighted by Crippen LogP contribution is -1.78. The Labute approximate surface area is 69.0 Å². The van der Waals surface area contributed by atoms with Crippen LogP contribution < -0.4 is 0 Å². The Morgan fingerprint density at radius 2 is 2.50 bits per heavy atom. The maximum absolute atomic E-state index is 4.01. The molecule has 1 aromatic rings. The second-order valence-corrected chi connectivity index (χ2v) is 4.35. The summed E-state index contributed by atoms with van der Waals surface area (Å²) < 4.78 is 0. The third kappa shape index (κ3) is 2.62. The molecule has 3 heteroatoms. The smallest absolute Gasteiger partial charge is 0.0308 e. The number of aromatic nitrogens is 1. The van der Waals surface area contributed by atoms with Crippen molar-refractivity contribution in [1.82, 2.24) is 4.98 Å². The third-order valence-electron chi connectivity index (χ3n) is 1.07. The summed E-state index contributed by atoms with van der Waals surface area (Å²) in [5.41, 5.74) is 1.29. The van der Waals surface area contributed by atoms with Crippen LogP contribution in [0.2, 0.25) is 0 Å². The molecule has 0 aliphatic carbocycles. The van der Waals surface area contributed by atoms with Gasteiger partial charge in [0.2, 0.25) is 0 Å². The van der Waals surface area contributed by atoms with Gasteiger partial charge in [-0.25, -0.2) is 0 Å². The molecule has 0 spiro atoms. The van der Waals surface area contributed by atoms with Gasteiger partial charge >= 0.3 is 0 Å². The summed E-state index contributed by atoms with van der Waals surface area (Å²) in [6.45, 7) is 0. The predicted octanol–water partition coefficient (Wildman–Crippen LogP) is 2.59. The van der Waals surface area contributed by atoms with Crippen molar-refractivity contribution in [3.05, 3.63) is 30.1 Å². The van der Waals surface area contributed by atoms with Crippen LogP contribution in [0, 0.1) is 0 Å². The van der Waals surface area contributed by atoms with Gasteiger partial charge in [0.05, 0.1) is 0 Å². The lowest BCUT2D eigenvalue weighted by atomic mass is 10.3. The van der Waals surface area contributed by atoms with Crippen molar-refractivity contribution in [2.45, 2.75) is 5.75 Å². The van der Waals surface area contributed by atoms with Crippen molar-refractivity contribution in [2.24, 2.45) is 0 Å². The highest BCUT2D eigenvalue weighted by atomic mass is 33.1. The summed E-state index contributed by atoms with van der Waals surface area (Å²) >= 11 is 0. The first-order valence-electron chi connectivity index (χ1n) is 2.98. The van der Waals surface area contributed by atoms with Crippen molar-refractivity contribution < 1.29 is 0 Å². The molecule has 1 nitrogen and oxygen atoms in total. The van der Waals surface area contributed by atoms with Crippen molar-refractivity contribution in [3.63, 3.8) is 0 Å². The zero-order chi connectivity index (χ0) is 7.23. The molecule has 0 bridgehead atoms. The summed E-state index contributed by atoms with van der Waals surface area (Å²) in [7, 11) is 3.62. The van der Waals surface area contributed by atoms with E-state index in [0.717, 1.165) is 5.75 Å². The van der Waals surface area contributed by atoms with Crippen molar-refractivity contribution in [3.8, 4) is 0 Å². The molecule has 1 aromatic heterocycles. The Hall–Kier alpha value is -0.150. The van der Waals surface area contributed by atoms with Crippen LogP contribution in [-0.4, -0.2) is 11.2 Å². The first kappa shape index (κ1) is 7.95. The van der Waals surface area contributed by atoms with Crippen LogP contribution in [0.5, 0.6) is 0 Å².